The minimum absolute atomic E-state index is 0.115. The molecule has 0 heterocycles. The van der Waals surface area contributed by atoms with Crippen molar-refractivity contribution in [3.05, 3.63) is 18.2 Å². The van der Waals surface area contributed by atoms with E-state index in [-0.39, 0.29) is 17.2 Å². The number of hydrogen-bond donors (Lipinski definition) is 1. The van der Waals surface area contributed by atoms with E-state index in [0.717, 1.165) is 0 Å². The van der Waals surface area contributed by atoms with E-state index in [0.29, 0.717) is 0 Å². The minimum Gasteiger partial charge on any atom is -0.493 e. The summed E-state index contributed by atoms with van der Waals surface area (Å²) < 4.78 is 52.5. The summed E-state index contributed by atoms with van der Waals surface area (Å²) >= 11 is 0. The van der Waals surface area contributed by atoms with Crippen LogP contribution in [0.2, 0.25) is 0 Å². The molecule has 4 nitrogen and oxygen atoms in total. The zero-order valence-corrected chi connectivity index (χ0v) is 9.95. The van der Waals surface area contributed by atoms with Crippen molar-refractivity contribution in [3.8, 4) is 17.2 Å². The zero-order valence-electron chi connectivity index (χ0n) is 9.95. The summed E-state index contributed by atoms with van der Waals surface area (Å²) in [6.45, 7) is -0.690. The monoisotopic (exact) mass is 265 g/mol. The van der Waals surface area contributed by atoms with Crippen LogP contribution in [0.25, 0.3) is 0 Å². The molecule has 0 aliphatic heterocycles. The number of methoxy groups -OCH3 is 2. The fourth-order valence-corrected chi connectivity index (χ4v) is 1.32. The Kier molecular flexibility index (Phi) is 4.66. The van der Waals surface area contributed by atoms with Crippen molar-refractivity contribution < 1.29 is 27.4 Å². The van der Waals surface area contributed by atoms with E-state index in [4.69, 9.17) is 19.9 Å². The van der Waals surface area contributed by atoms with Crippen LogP contribution in [0.3, 0.4) is 0 Å². The van der Waals surface area contributed by atoms with Gasteiger partial charge in [0, 0.05) is 6.54 Å². The highest BCUT2D eigenvalue weighted by molar-refractivity contribution is 5.51. The summed E-state index contributed by atoms with van der Waals surface area (Å²) in [5.41, 5.74) is 5.06. The first-order valence-electron chi connectivity index (χ1n) is 5.08. The van der Waals surface area contributed by atoms with E-state index in [9.17, 15) is 13.2 Å². The number of rotatable bonds is 5. The van der Waals surface area contributed by atoms with Gasteiger partial charge in [-0.25, -0.2) is 0 Å². The summed E-state index contributed by atoms with van der Waals surface area (Å²) in [5.74, 6) is 0.185. The highest BCUT2D eigenvalue weighted by Crippen LogP contribution is 2.39. The molecule has 18 heavy (non-hydrogen) atoms. The number of benzene rings is 1. The van der Waals surface area contributed by atoms with Gasteiger partial charge in [0.1, 0.15) is 0 Å². The maximum absolute atomic E-state index is 12.6. The predicted molar refractivity (Wildman–Crippen MR) is 59.1 cm³/mol. The van der Waals surface area contributed by atoms with Gasteiger partial charge in [-0.15, -0.1) is 0 Å². The van der Waals surface area contributed by atoms with Crippen LogP contribution in [-0.2, 0) is 0 Å². The van der Waals surface area contributed by atoms with E-state index >= 15 is 0 Å². The van der Waals surface area contributed by atoms with Crippen LogP contribution in [0.4, 0.5) is 13.2 Å². The van der Waals surface area contributed by atoms with Gasteiger partial charge in [0.25, 0.3) is 0 Å². The molecule has 0 spiro atoms. The van der Waals surface area contributed by atoms with Gasteiger partial charge >= 0.3 is 6.18 Å². The first kappa shape index (κ1) is 14.4. The lowest BCUT2D eigenvalue weighted by atomic mass is 10.2. The summed E-state index contributed by atoms with van der Waals surface area (Å²) in [6.07, 6.45) is -6.66. The highest BCUT2D eigenvalue weighted by atomic mass is 19.4. The molecule has 0 saturated heterocycles. The maximum atomic E-state index is 12.6. The van der Waals surface area contributed by atoms with Crippen molar-refractivity contribution in [3.63, 3.8) is 0 Å². The van der Waals surface area contributed by atoms with Crippen LogP contribution < -0.4 is 19.9 Å². The summed E-state index contributed by atoms with van der Waals surface area (Å²) in [5, 5.41) is 0. The van der Waals surface area contributed by atoms with Gasteiger partial charge in [0.2, 0.25) is 11.9 Å². The molecule has 1 atom stereocenters. The highest BCUT2D eigenvalue weighted by Gasteiger charge is 2.41. The molecule has 0 amide bonds. The topological polar surface area (TPSA) is 53.7 Å². The summed E-state index contributed by atoms with van der Waals surface area (Å²) in [4.78, 5) is 0. The molecule has 102 valence electrons. The molecule has 0 saturated carbocycles. The van der Waals surface area contributed by atoms with Crippen LogP contribution >= 0.6 is 0 Å². The third-order valence-corrected chi connectivity index (χ3v) is 2.22. The Morgan fingerprint density at radius 2 is 1.67 bits per heavy atom. The Morgan fingerprint density at radius 1 is 1.17 bits per heavy atom. The molecule has 1 aromatic carbocycles. The fourth-order valence-electron chi connectivity index (χ4n) is 1.32. The number of ether oxygens (including phenoxy) is 3. The normalized spacial score (nSPS) is 13.0. The Labute approximate surface area is 102 Å². The quantitative estimate of drug-likeness (QED) is 0.884. The van der Waals surface area contributed by atoms with E-state index in [2.05, 4.69) is 0 Å². The van der Waals surface area contributed by atoms with Crippen molar-refractivity contribution in [2.24, 2.45) is 5.73 Å². The first-order chi connectivity index (χ1) is 8.43. The van der Waals surface area contributed by atoms with Crippen molar-refractivity contribution >= 4 is 0 Å². The van der Waals surface area contributed by atoms with Crippen molar-refractivity contribution in [1.82, 2.24) is 0 Å². The van der Waals surface area contributed by atoms with E-state index in [1.807, 2.05) is 0 Å². The van der Waals surface area contributed by atoms with Gasteiger partial charge in [-0.05, 0) is 12.1 Å². The smallest absolute Gasteiger partial charge is 0.426 e. The second-order valence-electron chi connectivity index (χ2n) is 3.38. The molecular weight excluding hydrogens is 251 g/mol. The van der Waals surface area contributed by atoms with E-state index in [1.165, 1.54) is 26.4 Å². The number of hydrogen-bond acceptors (Lipinski definition) is 4. The van der Waals surface area contributed by atoms with Crippen LogP contribution in [0.15, 0.2) is 18.2 Å². The molecule has 7 heteroatoms. The second-order valence-corrected chi connectivity index (χ2v) is 3.38. The summed E-state index contributed by atoms with van der Waals surface area (Å²) in [7, 11) is 2.65. The molecule has 1 rings (SSSR count). The van der Waals surface area contributed by atoms with E-state index in [1.54, 1.807) is 6.07 Å². The maximum Gasteiger partial charge on any atom is 0.426 e. The van der Waals surface area contributed by atoms with Gasteiger partial charge < -0.3 is 19.9 Å². The molecule has 0 aliphatic carbocycles. The number of para-hydroxylation sites is 1. The predicted octanol–water partition coefficient (Wildman–Crippen LogP) is 1.97. The third kappa shape index (κ3) is 3.19. The zero-order chi connectivity index (χ0) is 13.8. The van der Waals surface area contributed by atoms with Crippen molar-refractivity contribution in [1.29, 1.82) is 0 Å². The fraction of sp³-hybridized carbons (Fsp3) is 0.455. The van der Waals surface area contributed by atoms with Crippen LogP contribution in [0, 0.1) is 0 Å². The van der Waals surface area contributed by atoms with Crippen molar-refractivity contribution in [2.75, 3.05) is 20.8 Å². The Hall–Kier alpha value is -1.63. The largest absolute Gasteiger partial charge is 0.493 e. The lowest BCUT2D eigenvalue weighted by Gasteiger charge is -2.22. The van der Waals surface area contributed by atoms with Gasteiger partial charge in [-0.3, -0.25) is 0 Å². The average molecular weight is 265 g/mol. The summed E-state index contributed by atoms with van der Waals surface area (Å²) in [6, 6.07) is 4.53. The Balaban J connectivity index is 3.08. The lowest BCUT2D eigenvalue weighted by Crippen LogP contribution is -2.40. The average Bonchev–Trinajstić information content (AvgIpc) is 2.33. The van der Waals surface area contributed by atoms with Gasteiger partial charge in [0.15, 0.2) is 11.5 Å². The number of nitrogens with two attached hydrogens (primary N) is 1. The van der Waals surface area contributed by atoms with Gasteiger partial charge in [-0.1, -0.05) is 6.07 Å². The molecule has 0 aliphatic rings. The van der Waals surface area contributed by atoms with Crippen LogP contribution in [0.1, 0.15) is 0 Å². The van der Waals surface area contributed by atoms with Crippen LogP contribution in [0.5, 0.6) is 17.2 Å². The van der Waals surface area contributed by atoms with E-state index < -0.39 is 18.8 Å². The van der Waals surface area contributed by atoms with Crippen LogP contribution in [-0.4, -0.2) is 33.0 Å². The third-order valence-electron chi connectivity index (χ3n) is 2.22. The molecular formula is C11H14F3NO3. The molecule has 1 aromatic rings. The Bertz CT molecular complexity index is 373. The molecule has 0 bridgehead atoms. The Morgan fingerprint density at radius 3 is 2.00 bits per heavy atom. The molecule has 0 fully saturated rings. The molecule has 0 aromatic heterocycles. The first-order valence-corrected chi connectivity index (χ1v) is 5.08. The lowest BCUT2D eigenvalue weighted by molar-refractivity contribution is -0.192. The number of alkyl halides is 3. The van der Waals surface area contributed by atoms with Crippen molar-refractivity contribution in [2.45, 2.75) is 12.3 Å². The number of halogens is 3. The standard InChI is InChI=1S/C11H14F3NO3/c1-16-7-4-3-5-8(17-2)10(7)18-9(6-15)11(12,13)14/h3-5,9H,6,15H2,1-2H3. The minimum atomic E-state index is -4.55. The molecule has 2 N–H and O–H groups in total. The SMILES string of the molecule is COc1cccc(OC)c1OC(CN)C(F)(F)F. The molecule has 1 unspecified atom stereocenters. The molecule has 0 radical (unpaired) electrons. The van der Waals surface area contributed by atoms with Gasteiger partial charge in [-0.2, -0.15) is 13.2 Å². The van der Waals surface area contributed by atoms with Gasteiger partial charge in [0.05, 0.1) is 14.2 Å². The second kappa shape index (κ2) is 5.81.